The minimum Gasteiger partial charge on any atom is -0.359 e. The van der Waals surface area contributed by atoms with Crippen LogP contribution in [0.5, 0.6) is 0 Å². The van der Waals surface area contributed by atoms with Crippen molar-refractivity contribution in [3.05, 3.63) is 77.4 Å². The third kappa shape index (κ3) is 5.30. The molecular weight excluding hydrogens is 538 g/mol. The summed E-state index contributed by atoms with van der Waals surface area (Å²) in [6.45, 7) is 11.1. The van der Waals surface area contributed by atoms with Crippen LogP contribution < -0.4 is 10.6 Å². The summed E-state index contributed by atoms with van der Waals surface area (Å²) in [5.41, 5.74) is 2.99. The van der Waals surface area contributed by atoms with Gasteiger partial charge in [0.2, 0.25) is 17.7 Å². The van der Waals surface area contributed by atoms with Crippen LogP contribution in [0.2, 0.25) is 0 Å². The van der Waals surface area contributed by atoms with Crippen LogP contribution in [0.3, 0.4) is 0 Å². The minimum absolute atomic E-state index is 0.0521. The number of rotatable bonds is 8. The maximum absolute atomic E-state index is 14.3. The Kier molecular flexibility index (Phi) is 7.97. The molecule has 3 amide bonds. The van der Waals surface area contributed by atoms with Gasteiger partial charge in [0, 0.05) is 18.3 Å². The summed E-state index contributed by atoms with van der Waals surface area (Å²) in [6, 6.07) is 15.3. The van der Waals surface area contributed by atoms with E-state index >= 15 is 0 Å². The lowest BCUT2D eigenvalue weighted by molar-refractivity contribution is -0.141. The summed E-state index contributed by atoms with van der Waals surface area (Å²) in [7, 11) is 0. The van der Waals surface area contributed by atoms with Gasteiger partial charge in [-0.15, -0.1) is 0 Å². The molecule has 7 heteroatoms. The van der Waals surface area contributed by atoms with E-state index in [1.165, 1.54) is 11.1 Å². The molecule has 8 atom stereocenters. The van der Waals surface area contributed by atoms with E-state index in [-0.39, 0.29) is 23.8 Å². The molecule has 2 aromatic carbocycles. The highest BCUT2D eigenvalue weighted by Gasteiger charge is 2.72. The molecule has 0 radical (unpaired) electrons. The first kappa shape index (κ1) is 29.6. The Hall–Kier alpha value is -3.45. The van der Waals surface area contributed by atoms with Gasteiger partial charge in [-0.3, -0.25) is 14.4 Å². The number of nitrogens with zero attached hydrogens (tertiary/aromatic N) is 1. The third-order valence-corrected chi connectivity index (χ3v) is 10.6. The Balaban J connectivity index is 1.28. The van der Waals surface area contributed by atoms with E-state index in [1.54, 1.807) is 4.90 Å². The lowest BCUT2D eigenvalue weighted by Gasteiger charge is -2.38. The summed E-state index contributed by atoms with van der Waals surface area (Å²) < 4.78 is 6.55. The zero-order chi connectivity index (χ0) is 30.5. The van der Waals surface area contributed by atoms with Crippen molar-refractivity contribution in [3.8, 4) is 0 Å². The topological polar surface area (TPSA) is 87.7 Å². The number of aryl methyl sites for hydroxylation is 1. The van der Waals surface area contributed by atoms with Crippen molar-refractivity contribution < 1.29 is 19.1 Å². The molecule has 2 bridgehead atoms. The molecule has 2 aromatic rings. The van der Waals surface area contributed by atoms with E-state index < -0.39 is 29.6 Å². The standard InChI is InChI=1S/C36H45N3O4/c1-21(2)26-13-15-27(16-14-26)37-33(40)30-29-17-19-36(43-29)31(30)35(42)39(20-18-25-11-9-22(3)10-12-25)32(36)34(41)38-28-8-6-7-23(4)24(28)5/h9-17,19,21,23-24,28-32H,6-8,18,20H2,1-5H3,(H,37,40)(H,38,41)/t23-,24-,28+,29+,30+,31+,32-,36-/m0/s1. The molecule has 6 rings (SSSR count). The molecule has 2 saturated heterocycles. The second-order valence-electron chi connectivity index (χ2n) is 13.6. The maximum atomic E-state index is 14.3. The first-order chi connectivity index (χ1) is 20.6. The highest BCUT2D eigenvalue weighted by molar-refractivity contribution is 6.02. The van der Waals surface area contributed by atoms with Gasteiger partial charge in [-0.2, -0.15) is 0 Å². The van der Waals surface area contributed by atoms with Crippen molar-refractivity contribution in [1.29, 1.82) is 0 Å². The molecule has 0 aromatic heterocycles. The van der Waals surface area contributed by atoms with E-state index in [1.807, 2.05) is 43.3 Å². The van der Waals surface area contributed by atoms with Gasteiger partial charge in [-0.05, 0) is 60.8 Å². The average molecular weight is 584 g/mol. The number of anilines is 1. The number of ether oxygens (including phenoxy) is 1. The molecule has 2 N–H and O–H groups in total. The molecule has 4 aliphatic rings. The fraction of sp³-hybridized carbons (Fsp3) is 0.528. The van der Waals surface area contributed by atoms with Gasteiger partial charge in [0.25, 0.3) is 0 Å². The van der Waals surface area contributed by atoms with Crippen LogP contribution in [-0.2, 0) is 25.5 Å². The number of carbonyl (C=O) groups is 3. The summed E-state index contributed by atoms with van der Waals surface area (Å²) in [5.74, 6) is -0.819. The Bertz CT molecular complexity index is 1400. The van der Waals surface area contributed by atoms with Crippen LogP contribution in [0.15, 0.2) is 60.7 Å². The predicted octanol–water partition coefficient (Wildman–Crippen LogP) is 5.39. The molecule has 7 nitrogen and oxygen atoms in total. The van der Waals surface area contributed by atoms with E-state index in [2.05, 4.69) is 62.6 Å². The zero-order valence-corrected chi connectivity index (χ0v) is 26.0. The van der Waals surface area contributed by atoms with Crippen LogP contribution in [0.1, 0.15) is 69.6 Å². The molecule has 0 unspecified atom stereocenters. The number of nitrogens with one attached hydrogen (secondary N) is 2. The first-order valence-corrected chi connectivity index (χ1v) is 16.0. The number of likely N-dealkylation sites (tertiary alicyclic amines) is 1. The van der Waals surface area contributed by atoms with Gasteiger partial charge in [0.15, 0.2) is 0 Å². The average Bonchev–Trinajstić information content (AvgIpc) is 3.62. The summed E-state index contributed by atoms with van der Waals surface area (Å²) in [4.78, 5) is 44.0. The molecule has 1 aliphatic carbocycles. The van der Waals surface area contributed by atoms with Gasteiger partial charge < -0.3 is 20.3 Å². The summed E-state index contributed by atoms with van der Waals surface area (Å²) in [6.07, 6.45) is 7.00. The highest BCUT2D eigenvalue weighted by atomic mass is 16.5. The van der Waals surface area contributed by atoms with Gasteiger partial charge in [0.1, 0.15) is 11.6 Å². The SMILES string of the molecule is Cc1ccc(CCN2C(=O)[C@H]3[C@H](C(=O)Nc4ccc(C(C)C)cc4)[C@H]4C=C[C@@]3(O4)[C@@H]2C(=O)N[C@@H]2CCC[C@H](C)[C@@H]2C)cc1. The van der Waals surface area contributed by atoms with Crippen molar-refractivity contribution in [1.82, 2.24) is 10.2 Å². The van der Waals surface area contributed by atoms with Crippen LogP contribution in [-0.4, -0.2) is 53.0 Å². The number of hydrogen-bond donors (Lipinski definition) is 2. The molecule has 1 saturated carbocycles. The molecule has 3 fully saturated rings. The smallest absolute Gasteiger partial charge is 0.246 e. The maximum Gasteiger partial charge on any atom is 0.246 e. The molecule has 43 heavy (non-hydrogen) atoms. The molecule has 1 spiro atoms. The quantitative estimate of drug-likeness (QED) is 0.408. The second-order valence-corrected chi connectivity index (χ2v) is 13.6. The minimum atomic E-state index is -1.16. The van der Waals surface area contributed by atoms with Crippen LogP contribution >= 0.6 is 0 Å². The van der Waals surface area contributed by atoms with Gasteiger partial charge in [0.05, 0.1) is 17.9 Å². The molecule has 3 aliphatic heterocycles. The summed E-state index contributed by atoms with van der Waals surface area (Å²) >= 11 is 0. The van der Waals surface area contributed by atoms with Crippen molar-refractivity contribution >= 4 is 23.4 Å². The number of fused-ring (bicyclic) bond motifs is 1. The Morgan fingerprint density at radius 1 is 1.02 bits per heavy atom. The highest BCUT2D eigenvalue weighted by Crippen LogP contribution is 2.55. The first-order valence-electron chi connectivity index (χ1n) is 16.0. The lowest BCUT2D eigenvalue weighted by Crippen LogP contribution is -2.58. The number of amides is 3. The van der Waals surface area contributed by atoms with E-state index in [9.17, 15) is 14.4 Å². The van der Waals surface area contributed by atoms with Crippen LogP contribution in [0, 0.1) is 30.6 Å². The second kappa shape index (κ2) is 11.6. The fourth-order valence-corrected chi connectivity index (χ4v) is 7.74. The van der Waals surface area contributed by atoms with Gasteiger partial charge >= 0.3 is 0 Å². The van der Waals surface area contributed by atoms with Crippen molar-refractivity contribution in [2.75, 3.05) is 11.9 Å². The van der Waals surface area contributed by atoms with E-state index in [0.717, 1.165) is 24.8 Å². The lowest BCUT2D eigenvalue weighted by atomic mass is 9.73. The van der Waals surface area contributed by atoms with Crippen molar-refractivity contribution in [3.63, 3.8) is 0 Å². The third-order valence-electron chi connectivity index (χ3n) is 10.6. The van der Waals surface area contributed by atoms with E-state index in [4.69, 9.17) is 4.74 Å². The Morgan fingerprint density at radius 2 is 1.74 bits per heavy atom. The monoisotopic (exact) mass is 583 g/mol. The molecule has 3 heterocycles. The Labute approximate surface area is 255 Å². The zero-order valence-electron chi connectivity index (χ0n) is 26.0. The largest absolute Gasteiger partial charge is 0.359 e. The van der Waals surface area contributed by atoms with E-state index in [0.29, 0.717) is 36.4 Å². The molecular formula is C36H45N3O4. The van der Waals surface area contributed by atoms with Crippen molar-refractivity contribution in [2.24, 2.45) is 23.7 Å². The van der Waals surface area contributed by atoms with Gasteiger partial charge in [-0.1, -0.05) is 94.7 Å². The number of carbonyl (C=O) groups excluding carboxylic acids is 3. The Morgan fingerprint density at radius 3 is 2.44 bits per heavy atom. The van der Waals surface area contributed by atoms with Crippen LogP contribution in [0.4, 0.5) is 5.69 Å². The predicted molar refractivity (Wildman–Crippen MR) is 167 cm³/mol. The summed E-state index contributed by atoms with van der Waals surface area (Å²) in [5, 5.41) is 6.38. The number of hydrogen-bond acceptors (Lipinski definition) is 4. The fourth-order valence-electron chi connectivity index (χ4n) is 7.74. The normalized spacial score (nSPS) is 32.7. The molecule has 228 valence electrons. The number of benzene rings is 2. The van der Waals surface area contributed by atoms with Crippen molar-refractivity contribution in [2.45, 2.75) is 90.0 Å². The van der Waals surface area contributed by atoms with Crippen LogP contribution in [0.25, 0.3) is 0 Å². The van der Waals surface area contributed by atoms with Gasteiger partial charge in [-0.25, -0.2) is 0 Å².